The van der Waals surface area contributed by atoms with Crippen LogP contribution >= 0.6 is 0 Å². The minimum atomic E-state index is -3.96. The molecule has 4 rings (SSSR count). The fraction of sp³-hybridized carbons (Fsp3) is 0.391. The Morgan fingerprint density at radius 1 is 1.26 bits per heavy atom. The lowest BCUT2D eigenvalue weighted by atomic mass is 10.0. The molecule has 2 N–H and O–H groups in total. The monoisotopic (exact) mass is 491 g/mol. The van der Waals surface area contributed by atoms with E-state index in [1.165, 1.54) is 41.9 Å². The molecule has 2 aromatic carbocycles. The number of aromatic nitrogens is 2. The van der Waals surface area contributed by atoms with Crippen LogP contribution < -0.4 is 4.74 Å². The number of hydrogen-bond acceptors (Lipinski definition) is 6. The second-order valence-corrected chi connectivity index (χ2v) is 10.9. The smallest absolute Gasteiger partial charge is 0.309 e. The molecule has 0 bridgehead atoms. The highest BCUT2D eigenvalue weighted by molar-refractivity contribution is 7.89. The number of carboxylic acids is 1. The number of benzene rings is 2. The van der Waals surface area contributed by atoms with Gasteiger partial charge in [0.25, 0.3) is 0 Å². The van der Waals surface area contributed by atoms with Gasteiger partial charge < -0.3 is 14.9 Å². The molecule has 0 unspecified atom stereocenters. The summed E-state index contributed by atoms with van der Waals surface area (Å²) in [5.74, 6) is -1.12. The van der Waals surface area contributed by atoms with Gasteiger partial charge in [-0.1, -0.05) is 0 Å². The van der Waals surface area contributed by atoms with E-state index in [1.807, 2.05) is 13.8 Å². The van der Waals surface area contributed by atoms with E-state index >= 15 is 0 Å². The van der Waals surface area contributed by atoms with Crippen LogP contribution in [0.25, 0.3) is 10.9 Å². The second kappa shape index (κ2) is 8.64. The summed E-state index contributed by atoms with van der Waals surface area (Å²) in [5, 5.41) is 25.2. The van der Waals surface area contributed by atoms with E-state index in [-0.39, 0.29) is 35.3 Å². The Morgan fingerprint density at radius 2 is 1.94 bits per heavy atom. The summed E-state index contributed by atoms with van der Waals surface area (Å²) < 4.78 is 48.7. The molecule has 2 atom stereocenters. The molecule has 182 valence electrons. The number of hydrogen-bond donors (Lipinski definition) is 2. The Bertz CT molecular complexity index is 1330. The van der Waals surface area contributed by atoms with Crippen molar-refractivity contribution < 1.29 is 32.6 Å². The number of ether oxygens (including phenoxy) is 1. The maximum atomic E-state index is 14.0. The molecule has 0 radical (unpaired) electrons. The summed E-state index contributed by atoms with van der Waals surface area (Å²) in [5.41, 5.74) is -1.05. The molecule has 1 aliphatic heterocycles. The van der Waals surface area contributed by atoms with Crippen LogP contribution in [0.4, 0.5) is 4.39 Å². The zero-order chi connectivity index (χ0) is 24.8. The van der Waals surface area contributed by atoms with E-state index in [0.717, 1.165) is 4.31 Å². The molecular formula is C23H26FN3O6S. The van der Waals surface area contributed by atoms with Crippen molar-refractivity contribution in [1.29, 1.82) is 0 Å². The highest BCUT2D eigenvalue weighted by Gasteiger charge is 2.48. The third-order valence-electron chi connectivity index (χ3n) is 5.78. The van der Waals surface area contributed by atoms with Gasteiger partial charge in [0.05, 0.1) is 40.3 Å². The normalized spacial score (nSPS) is 21.4. The van der Waals surface area contributed by atoms with Gasteiger partial charge in [-0.2, -0.15) is 9.40 Å². The fourth-order valence-electron chi connectivity index (χ4n) is 4.24. The Labute approximate surface area is 196 Å². The molecule has 0 saturated carbocycles. The topological polar surface area (TPSA) is 122 Å². The van der Waals surface area contributed by atoms with Crippen molar-refractivity contribution in [3.05, 3.63) is 54.0 Å². The van der Waals surface area contributed by atoms with E-state index < -0.39 is 39.9 Å². The van der Waals surface area contributed by atoms with Gasteiger partial charge >= 0.3 is 5.97 Å². The van der Waals surface area contributed by atoms with Gasteiger partial charge in [-0.3, -0.25) is 9.48 Å². The molecule has 1 aromatic heterocycles. The van der Waals surface area contributed by atoms with Crippen LogP contribution in [0, 0.1) is 5.82 Å². The van der Waals surface area contributed by atoms with Gasteiger partial charge in [-0.25, -0.2) is 12.8 Å². The number of fused-ring (bicyclic) bond motifs is 1. The van der Waals surface area contributed by atoms with Crippen molar-refractivity contribution in [1.82, 2.24) is 14.1 Å². The van der Waals surface area contributed by atoms with E-state index in [2.05, 4.69) is 5.10 Å². The van der Waals surface area contributed by atoms with Crippen LogP contribution in [0.15, 0.2) is 47.4 Å². The summed E-state index contributed by atoms with van der Waals surface area (Å²) in [6.45, 7) is 4.87. The van der Waals surface area contributed by atoms with Crippen LogP contribution in [0.1, 0.15) is 32.5 Å². The Kier molecular flexibility index (Phi) is 6.13. The number of halogens is 1. The van der Waals surface area contributed by atoms with Crippen molar-refractivity contribution in [3.63, 3.8) is 0 Å². The zero-order valence-electron chi connectivity index (χ0n) is 19.0. The van der Waals surface area contributed by atoms with Gasteiger partial charge in [0.1, 0.15) is 11.6 Å². The maximum Gasteiger partial charge on any atom is 0.309 e. The second-order valence-electron chi connectivity index (χ2n) is 8.93. The predicted molar refractivity (Wildman–Crippen MR) is 122 cm³/mol. The molecule has 1 fully saturated rings. The van der Waals surface area contributed by atoms with E-state index in [1.54, 1.807) is 12.1 Å². The van der Waals surface area contributed by atoms with E-state index in [9.17, 15) is 27.8 Å². The maximum absolute atomic E-state index is 14.0. The highest BCUT2D eigenvalue weighted by Crippen LogP contribution is 2.37. The number of carbonyl (C=O) groups is 1. The third kappa shape index (κ3) is 4.50. The van der Waals surface area contributed by atoms with Crippen molar-refractivity contribution in [2.45, 2.75) is 49.8 Å². The lowest BCUT2D eigenvalue weighted by molar-refractivity contribution is -0.136. The molecule has 0 spiro atoms. The SMILES string of the molecule is CC(C)Oc1ccc(S(=O)(=O)N2C[C@H](n3nc(CC(=O)O)c4ccc(F)cc43)[C@@](C)(O)C2)cc1. The molecule has 11 heteroatoms. The first-order valence-electron chi connectivity index (χ1n) is 10.8. The number of nitrogens with zero attached hydrogens (tertiary/aromatic N) is 3. The highest BCUT2D eigenvalue weighted by atomic mass is 32.2. The van der Waals surface area contributed by atoms with Gasteiger partial charge in [0.15, 0.2) is 0 Å². The van der Waals surface area contributed by atoms with Gasteiger partial charge in [0.2, 0.25) is 10.0 Å². The third-order valence-corrected chi connectivity index (χ3v) is 7.61. The number of aliphatic hydroxyl groups is 1. The number of aliphatic carboxylic acids is 1. The molecule has 2 heterocycles. The van der Waals surface area contributed by atoms with E-state index in [0.29, 0.717) is 11.1 Å². The number of carboxylic acid groups (broad SMARTS) is 1. The molecule has 0 aliphatic carbocycles. The van der Waals surface area contributed by atoms with Crippen LogP contribution in [0.3, 0.4) is 0 Å². The molecule has 0 amide bonds. The Balaban J connectivity index is 1.69. The summed E-state index contributed by atoms with van der Waals surface area (Å²) in [4.78, 5) is 11.3. The van der Waals surface area contributed by atoms with Crippen LogP contribution in [0.5, 0.6) is 5.75 Å². The average Bonchev–Trinajstić information content (AvgIpc) is 3.24. The van der Waals surface area contributed by atoms with Crippen molar-refractivity contribution >= 4 is 26.9 Å². The van der Waals surface area contributed by atoms with Crippen molar-refractivity contribution in [3.8, 4) is 5.75 Å². The zero-order valence-corrected chi connectivity index (χ0v) is 19.8. The van der Waals surface area contributed by atoms with Crippen LogP contribution in [-0.4, -0.2) is 63.5 Å². The average molecular weight is 492 g/mol. The number of sulfonamides is 1. The molecule has 34 heavy (non-hydrogen) atoms. The molecule has 1 saturated heterocycles. The largest absolute Gasteiger partial charge is 0.491 e. The van der Waals surface area contributed by atoms with Gasteiger partial charge in [-0.05, 0) is 63.2 Å². The first-order chi connectivity index (χ1) is 15.9. The van der Waals surface area contributed by atoms with Crippen molar-refractivity contribution in [2.24, 2.45) is 0 Å². The fourth-order valence-corrected chi connectivity index (χ4v) is 5.79. The Hall–Kier alpha value is -3.02. The molecule has 9 nitrogen and oxygen atoms in total. The van der Waals surface area contributed by atoms with Gasteiger partial charge in [0, 0.05) is 18.5 Å². The quantitative estimate of drug-likeness (QED) is 0.521. The van der Waals surface area contributed by atoms with Crippen LogP contribution in [0.2, 0.25) is 0 Å². The number of rotatable bonds is 7. The van der Waals surface area contributed by atoms with Gasteiger partial charge in [-0.15, -0.1) is 0 Å². The van der Waals surface area contributed by atoms with E-state index in [4.69, 9.17) is 4.74 Å². The molecule has 3 aromatic rings. The summed E-state index contributed by atoms with van der Waals surface area (Å²) in [6, 6.07) is 9.01. The standard InChI is InChI=1S/C23H26FN3O6S/c1-14(2)33-16-5-7-17(8-6-16)34(31,32)26-12-21(23(3,30)13-26)27-20-10-15(24)4-9-18(20)19(25-27)11-22(28)29/h4-10,14,21,30H,11-13H2,1-3H3,(H,28,29)/t21-,23-/m0/s1. The summed E-state index contributed by atoms with van der Waals surface area (Å²) in [6.07, 6.45) is -0.451. The lowest BCUT2D eigenvalue weighted by Gasteiger charge is -2.25. The number of β-amino-alcohol motifs (C(OH)–C–C–N with tert-alkyl or cyclic N) is 1. The summed E-state index contributed by atoms with van der Waals surface area (Å²) >= 11 is 0. The first kappa shape index (κ1) is 24.1. The lowest BCUT2D eigenvalue weighted by Crippen LogP contribution is -2.37. The minimum absolute atomic E-state index is 0.0444. The summed E-state index contributed by atoms with van der Waals surface area (Å²) in [7, 11) is -3.96. The predicted octanol–water partition coefficient (Wildman–Crippen LogP) is 2.59. The molecule has 1 aliphatic rings. The van der Waals surface area contributed by atoms with Crippen LogP contribution in [-0.2, 0) is 21.2 Å². The molecular weight excluding hydrogens is 465 g/mol. The van der Waals surface area contributed by atoms with Crippen molar-refractivity contribution in [2.75, 3.05) is 13.1 Å². The minimum Gasteiger partial charge on any atom is -0.491 e. The Morgan fingerprint density at radius 3 is 2.56 bits per heavy atom. The first-order valence-corrected chi connectivity index (χ1v) is 12.2.